The first-order valence-electron chi connectivity index (χ1n) is 8.60. The molecule has 1 heterocycles. The van der Waals surface area contributed by atoms with E-state index < -0.39 is 0 Å². The van der Waals surface area contributed by atoms with Crippen LogP contribution in [0.4, 0.5) is 11.4 Å². The zero-order valence-corrected chi connectivity index (χ0v) is 15.4. The minimum atomic E-state index is -0.226. The van der Waals surface area contributed by atoms with Crippen molar-refractivity contribution >= 4 is 40.5 Å². The SMILES string of the molecule is O=C(Nc1ccc(Cl)c(Cl)c1)c1cncc(NC2CCCCCC2)c1. The lowest BCUT2D eigenvalue weighted by Gasteiger charge is -2.17. The molecule has 1 aliphatic carbocycles. The normalized spacial score (nSPS) is 15.4. The van der Waals surface area contributed by atoms with Gasteiger partial charge in [0.05, 0.1) is 21.3 Å². The summed E-state index contributed by atoms with van der Waals surface area (Å²) in [5, 5.41) is 7.19. The lowest BCUT2D eigenvalue weighted by Crippen LogP contribution is -2.19. The van der Waals surface area contributed by atoms with Crippen LogP contribution in [0.5, 0.6) is 0 Å². The van der Waals surface area contributed by atoms with E-state index in [1.54, 1.807) is 30.6 Å². The number of nitrogens with one attached hydrogen (secondary N) is 2. The summed E-state index contributed by atoms with van der Waals surface area (Å²) >= 11 is 11.9. The highest BCUT2D eigenvalue weighted by Crippen LogP contribution is 2.25. The Morgan fingerprint density at radius 2 is 1.72 bits per heavy atom. The molecule has 1 amide bonds. The molecule has 2 aromatic rings. The number of carbonyl (C=O) groups excluding carboxylic acids is 1. The minimum Gasteiger partial charge on any atom is -0.381 e. The quantitative estimate of drug-likeness (QED) is 0.664. The second-order valence-corrected chi connectivity index (χ2v) is 7.19. The fraction of sp³-hybridized carbons (Fsp3) is 0.368. The van der Waals surface area contributed by atoms with Crippen LogP contribution in [-0.2, 0) is 0 Å². The van der Waals surface area contributed by atoms with Crippen molar-refractivity contribution in [1.82, 2.24) is 4.98 Å². The van der Waals surface area contributed by atoms with Crippen molar-refractivity contribution in [3.63, 3.8) is 0 Å². The van der Waals surface area contributed by atoms with Crippen molar-refractivity contribution in [3.05, 3.63) is 52.3 Å². The number of halogens is 2. The van der Waals surface area contributed by atoms with Gasteiger partial charge in [-0.3, -0.25) is 9.78 Å². The van der Waals surface area contributed by atoms with Gasteiger partial charge in [0, 0.05) is 24.1 Å². The first-order valence-corrected chi connectivity index (χ1v) is 9.35. The van der Waals surface area contributed by atoms with Gasteiger partial charge in [0.25, 0.3) is 5.91 Å². The molecule has 0 saturated heterocycles. The van der Waals surface area contributed by atoms with Crippen molar-refractivity contribution in [2.45, 2.75) is 44.6 Å². The van der Waals surface area contributed by atoms with Gasteiger partial charge < -0.3 is 10.6 Å². The first-order chi connectivity index (χ1) is 12.1. The molecule has 4 nitrogen and oxygen atoms in total. The Bertz CT molecular complexity index is 743. The highest BCUT2D eigenvalue weighted by Gasteiger charge is 2.14. The van der Waals surface area contributed by atoms with E-state index in [1.165, 1.54) is 38.5 Å². The number of hydrogen-bond acceptors (Lipinski definition) is 3. The number of benzene rings is 1. The van der Waals surface area contributed by atoms with Crippen LogP contribution in [0.15, 0.2) is 36.7 Å². The molecule has 1 aromatic heterocycles. The summed E-state index contributed by atoms with van der Waals surface area (Å²) in [5.41, 5.74) is 1.99. The Balaban J connectivity index is 1.67. The molecule has 25 heavy (non-hydrogen) atoms. The fourth-order valence-corrected chi connectivity index (χ4v) is 3.38. The maximum Gasteiger partial charge on any atom is 0.257 e. The molecular formula is C19H21Cl2N3O. The van der Waals surface area contributed by atoms with Gasteiger partial charge in [0.1, 0.15) is 0 Å². The molecule has 1 fully saturated rings. The molecule has 3 rings (SSSR count). The second kappa shape index (κ2) is 8.54. The molecule has 0 radical (unpaired) electrons. The predicted octanol–water partition coefficient (Wildman–Crippen LogP) is 5.78. The number of nitrogens with zero attached hydrogens (tertiary/aromatic N) is 1. The van der Waals surface area contributed by atoms with Gasteiger partial charge in [0.2, 0.25) is 0 Å². The van der Waals surface area contributed by atoms with Crippen LogP contribution in [0.25, 0.3) is 0 Å². The standard InChI is InChI=1S/C19H21Cl2N3O/c20-17-8-7-15(10-18(17)21)24-19(25)13-9-16(12-22-11-13)23-14-5-3-1-2-4-6-14/h7-12,14,23H,1-6H2,(H,24,25). The molecule has 0 atom stereocenters. The average molecular weight is 378 g/mol. The molecule has 0 bridgehead atoms. The summed E-state index contributed by atoms with van der Waals surface area (Å²) in [4.78, 5) is 16.7. The summed E-state index contributed by atoms with van der Waals surface area (Å²) in [6, 6.07) is 7.29. The average Bonchev–Trinajstić information content (AvgIpc) is 2.87. The first kappa shape index (κ1) is 18.0. The van der Waals surface area contributed by atoms with Crippen LogP contribution < -0.4 is 10.6 Å². The molecular weight excluding hydrogens is 357 g/mol. The van der Waals surface area contributed by atoms with Crippen molar-refractivity contribution in [2.75, 3.05) is 10.6 Å². The summed E-state index contributed by atoms with van der Waals surface area (Å²) in [5.74, 6) is -0.226. The van der Waals surface area contributed by atoms with Crippen molar-refractivity contribution in [3.8, 4) is 0 Å². The van der Waals surface area contributed by atoms with Crippen LogP contribution >= 0.6 is 23.2 Å². The van der Waals surface area contributed by atoms with Crippen molar-refractivity contribution in [2.24, 2.45) is 0 Å². The predicted molar refractivity (Wildman–Crippen MR) is 104 cm³/mol. The smallest absolute Gasteiger partial charge is 0.257 e. The minimum absolute atomic E-state index is 0.226. The monoisotopic (exact) mass is 377 g/mol. The lowest BCUT2D eigenvalue weighted by atomic mass is 10.1. The number of amides is 1. The third-order valence-corrected chi connectivity index (χ3v) is 5.14. The van der Waals surface area contributed by atoms with Crippen LogP contribution in [0.2, 0.25) is 10.0 Å². The second-order valence-electron chi connectivity index (χ2n) is 6.38. The summed E-state index contributed by atoms with van der Waals surface area (Å²) in [6.45, 7) is 0. The van der Waals surface area contributed by atoms with E-state index in [-0.39, 0.29) is 5.91 Å². The van der Waals surface area contributed by atoms with E-state index in [0.717, 1.165) is 5.69 Å². The van der Waals surface area contributed by atoms with E-state index in [4.69, 9.17) is 23.2 Å². The Hall–Kier alpha value is -1.78. The number of carbonyl (C=O) groups is 1. The summed E-state index contributed by atoms with van der Waals surface area (Å²) < 4.78 is 0. The van der Waals surface area contributed by atoms with Gasteiger partial charge in [-0.2, -0.15) is 0 Å². The topological polar surface area (TPSA) is 54.0 Å². The Kier molecular flexibility index (Phi) is 6.16. The molecule has 1 aromatic carbocycles. The molecule has 132 valence electrons. The molecule has 1 aliphatic rings. The van der Waals surface area contributed by atoms with Crippen LogP contribution in [0.1, 0.15) is 48.9 Å². The molecule has 6 heteroatoms. The summed E-state index contributed by atoms with van der Waals surface area (Å²) in [7, 11) is 0. The van der Waals surface area contributed by atoms with Crippen LogP contribution in [0.3, 0.4) is 0 Å². The van der Waals surface area contributed by atoms with E-state index >= 15 is 0 Å². The Morgan fingerprint density at radius 3 is 2.44 bits per heavy atom. The van der Waals surface area contributed by atoms with Crippen LogP contribution in [0, 0.1) is 0 Å². The number of aromatic nitrogens is 1. The van der Waals surface area contributed by atoms with Gasteiger partial charge in [-0.1, -0.05) is 48.9 Å². The highest BCUT2D eigenvalue weighted by atomic mass is 35.5. The molecule has 2 N–H and O–H groups in total. The van der Waals surface area contributed by atoms with Gasteiger partial charge in [0.15, 0.2) is 0 Å². The van der Waals surface area contributed by atoms with E-state index in [1.807, 2.05) is 6.07 Å². The zero-order valence-electron chi connectivity index (χ0n) is 13.9. The summed E-state index contributed by atoms with van der Waals surface area (Å²) in [6.07, 6.45) is 10.8. The molecule has 1 saturated carbocycles. The maximum atomic E-state index is 12.5. The van der Waals surface area contributed by atoms with E-state index in [2.05, 4.69) is 15.6 Å². The third kappa shape index (κ3) is 5.10. The lowest BCUT2D eigenvalue weighted by molar-refractivity contribution is 0.102. The van der Waals surface area contributed by atoms with Gasteiger partial charge in [-0.15, -0.1) is 0 Å². The van der Waals surface area contributed by atoms with E-state index in [0.29, 0.717) is 27.3 Å². The van der Waals surface area contributed by atoms with Gasteiger partial charge >= 0.3 is 0 Å². The number of pyridine rings is 1. The fourth-order valence-electron chi connectivity index (χ4n) is 3.08. The molecule has 0 aliphatic heterocycles. The third-order valence-electron chi connectivity index (χ3n) is 4.40. The number of rotatable bonds is 4. The molecule has 0 spiro atoms. The van der Waals surface area contributed by atoms with Crippen LogP contribution in [-0.4, -0.2) is 16.9 Å². The van der Waals surface area contributed by atoms with Gasteiger partial charge in [-0.05, 0) is 37.1 Å². The zero-order chi connectivity index (χ0) is 17.6. The number of hydrogen-bond donors (Lipinski definition) is 2. The van der Waals surface area contributed by atoms with E-state index in [9.17, 15) is 4.79 Å². The molecule has 0 unspecified atom stereocenters. The highest BCUT2D eigenvalue weighted by molar-refractivity contribution is 6.42. The number of anilines is 2. The van der Waals surface area contributed by atoms with Crippen molar-refractivity contribution < 1.29 is 4.79 Å². The maximum absolute atomic E-state index is 12.5. The Morgan fingerprint density at radius 1 is 0.960 bits per heavy atom. The Labute approximate surface area is 157 Å². The van der Waals surface area contributed by atoms with Gasteiger partial charge in [-0.25, -0.2) is 0 Å². The van der Waals surface area contributed by atoms with Crippen molar-refractivity contribution in [1.29, 1.82) is 0 Å². The largest absolute Gasteiger partial charge is 0.381 e.